The third-order valence-corrected chi connectivity index (χ3v) is 4.50. The topological polar surface area (TPSA) is 61.7 Å². The molecule has 2 saturated carbocycles. The minimum absolute atomic E-state index is 0.248. The molecule has 0 aromatic carbocycles. The molecule has 112 valence electrons. The van der Waals surface area contributed by atoms with Crippen LogP contribution >= 0.6 is 0 Å². The molecular weight excluding hydrogens is 254 g/mol. The minimum atomic E-state index is -1.02. The number of aliphatic hydroxyl groups is 2. The predicted molar refractivity (Wildman–Crippen MR) is 76.5 cm³/mol. The van der Waals surface area contributed by atoms with Gasteiger partial charge in [-0.15, -0.1) is 0 Å². The Morgan fingerprint density at radius 2 is 2.10 bits per heavy atom. The Hall–Kier alpha value is -0.840. The highest BCUT2D eigenvalue weighted by molar-refractivity contribution is 5.40. The molecule has 4 nitrogen and oxygen atoms in total. The molecule has 0 bridgehead atoms. The zero-order chi connectivity index (χ0) is 14.5. The lowest BCUT2D eigenvalue weighted by Gasteiger charge is -2.27. The van der Waals surface area contributed by atoms with Crippen molar-refractivity contribution in [3.05, 3.63) is 23.4 Å². The summed E-state index contributed by atoms with van der Waals surface area (Å²) in [6.45, 7) is 5.73. The van der Waals surface area contributed by atoms with Gasteiger partial charge in [-0.25, -0.2) is 0 Å². The van der Waals surface area contributed by atoms with Crippen molar-refractivity contribution >= 4 is 0 Å². The fourth-order valence-corrected chi connectivity index (χ4v) is 3.64. The lowest BCUT2D eigenvalue weighted by molar-refractivity contribution is -0.176. The summed E-state index contributed by atoms with van der Waals surface area (Å²) < 4.78 is 5.50. The highest BCUT2D eigenvalue weighted by atomic mass is 16.6. The summed E-state index contributed by atoms with van der Waals surface area (Å²) in [6, 6.07) is 0. The van der Waals surface area contributed by atoms with E-state index in [0.29, 0.717) is 24.2 Å². The first-order valence-corrected chi connectivity index (χ1v) is 7.57. The first kappa shape index (κ1) is 14.1. The molecule has 0 radical (unpaired) electrons. The van der Waals surface area contributed by atoms with E-state index in [0.717, 1.165) is 18.5 Å². The molecule has 0 spiro atoms. The maximum atomic E-state index is 10.0. The van der Waals surface area contributed by atoms with E-state index in [1.54, 1.807) is 0 Å². The van der Waals surface area contributed by atoms with E-state index in [1.165, 1.54) is 5.57 Å². The van der Waals surface area contributed by atoms with Crippen LogP contribution in [0.3, 0.4) is 0 Å². The van der Waals surface area contributed by atoms with Crippen molar-refractivity contribution in [3.63, 3.8) is 0 Å². The van der Waals surface area contributed by atoms with Gasteiger partial charge in [0.15, 0.2) is 0 Å². The third-order valence-electron chi connectivity index (χ3n) is 4.50. The van der Waals surface area contributed by atoms with Gasteiger partial charge in [0, 0.05) is 5.70 Å². The molecule has 0 heterocycles. The predicted octanol–water partition coefficient (Wildman–Crippen LogP) is 1.90. The second kappa shape index (κ2) is 4.86. The van der Waals surface area contributed by atoms with E-state index < -0.39 is 12.0 Å². The monoisotopic (exact) mass is 279 g/mol. The molecule has 2 fully saturated rings. The van der Waals surface area contributed by atoms with Gasteiger partial charge in [0.1, 0.15) is 0 Å². The Bertz CT molecular complexity index is 449. The van der Waals surface area contributed by atoms with Gasteiger partial charge in [-0.3, -0.25) is 0 Å². The molecule has 0 aromatic heterocycles. The number of fused-ring (bicyclic) bond motifs is 1. The maximum absolute atomic E-state index is 10.0. The van der Waals surface area contributed by atoms with Crippen LogP contribution in [0.25, 0.3) is 0 Å². The minimum Gasteiger partial charge on any atom is -0.393 e. The SMILES string of the molecule is CC(C)(C)OC(O)NC1=C2CC(O)CCC3C(C=C1)C23. The number of hydrogen-bond acceptors (Lipinski definition) is 4. The van der Waals surface area contributed by atoms with Gasteiger partial charge in [-0.05, 0) is 69.4 Å². The van der Waals surface area contributed by atoms with Crippen LogP contribution in [0.2, 0.25) is 0 Å². The van der Waals surface area contributed by atoms with Crippen LogP contribution in [0.4, 0.5) is 0 Å². The zero-order valence-electron chi connectivity index (χ0n) is 12.5. The van der Waals surface area contributed by atoms with Gasteiger partial charge in [-0.1, -0.05) is 6.08 Å². The van der Waals surface area contributed by atoms with E-state index in [4.69, 9.17) is 4.74 Å². The average Bonchev–Trinajstić information content (AvgIpc) is 3.02. The zero-order valence-corrected chi connectivity index (χ0v) is 12.5. The van der Waals surface area contributed by atoms with Crippen molar-refractivity contribution in [3.8, 4) is 0 Å². The summed E-state index contributed by atoms with van der Waals surface area (Å²) in [5, 5.41) is 23.1. The van der Waals surface area contributed by atoms with E-state index in [1.807, 2.05) is 26.8 Å². The second-order valence-electron chi connectivity index (χ2n) is 7.23. The van der Waals surface area contributed by atoms with Gasteiger partial charge in [-0.2, -0.15) is 0 Å². The van der Waals surface area contributed by atoms with Crippen LogP contribution in [-0.4, -0.2) is 28.3 Å². The second-order valence-corrected chi connectivity index (χ2v) is 7.23. The van der Waals surface area contributed by atoms with Crippen molar-refractivity contribution in [2.24, 2.45) is 17.8 Å². The summed E-state index contributed by atoms with van der Waals surface area (Å²) >= 11 is 0. The van der Waals surface area contributed by atoms with Crippen LogP contribution in [0, 0.1) is 17.8 Å². The Balaban J connectivity index is 1.74. The molecule has 20 heavy (non-hydrogen) atoms. The lowest BCUT2D eigenvalue weighted by Crippen LogP contribution is -2.38. The number of allylic oxidation sites excluding steroid dienone is 2. The molecule has 4 heteroatoms. The fourth-order valence-electron chi connectivity index (χ4n) is 3.64. The van der Waals surface area contributed by atoms with Crippen LogP contribution < -0.4 is 5.32 Å². The molecule has 5 atom stereocenters. The number of rotatable bonds is 3. The molecule has 0 aliphatic heterocycles. The first-order valence-electron chi connectivity index (χ1n) is 7.57. The smallest absolute Gasteiger partial charge is 0.235 e. The molecular formula is C16H25NO3. The van der Waals surface area contributed by atoms with E-state index >= 15 is 0 Å². The number of ether oxygens (including phenoxy) is 1. The van der Waals surface area contributed by atoms with Crippen molar-refractivity contribution in [1.29, 1.82) is 0 Å². The van der Waals surface area contributed by atoms with E-state index in [-0.39, 0.29) is 6.10 Å². The Morgan fingerprint density at radius 1 is 1.35 bits per heavy atom. The third kappa shape index (κ3) is 2.78. The highest BCUT2D eigenvalue weighted by Crippen LogP contribution is 2.59. The van der Waals surface area contributed by atoms with Gasteiger partial charge >= 0.3 is 0 Å². The van der Waals surface area contributed by atoms with Gasteiger partial charge in [0.2, 0.25) is 6.41 Å². The quantitative estimate of drug-likeness (QED) is 0.691. The first-order chi connectivity index (χ1) is 9.35. The van der Waals surface area contributed by atoms with Crippen LogP contribution in [0.5, 0.6) is 0 Å². The summed E-state index contributed by atoms with van der Waals surface area (Å²) in [6.07, 6.45) is 5.74. The summed E-state index contributed by atoms with van der Waals surface area (Å²) in [7, 11) is 0. The molecule has 3 rings (SSSR count). The van der Waals surface area contributed by atoms with Crippen molar-refractivity contribution < 1.29 is 14.9 Å². The molecule has 0 saturated heterocycles. The molecule has 3 N–H and O–H groups in total. The molecule has 5 unspecified atom stereocenters. The van der Waals surface area contributed by atoms with E-state index in [2.05, 4.69) is 11.4 Å². The Morgan fingerprint density at radius 3 is 2.80 bits per heavy atom. The number of aliphatic hydroxyl groups excluding tert-OH is 2. The summed E-state index contributed by atoms with van der Waals surface area (Å²) in [5.74, 6) is 1.92. The van der Waals surface area contributed by atoms with Gasteiger partial charge < -0.3 is 20.3 Å². The summed E-state index contributed by atoms with van der Waals surface area (Å²) in [4.78, 5) is 0. The largest absolute Gasteiger partial charge is 0.393 e. The lowest BCUT2D eigenvalue weighted by atomic mass is 9.96. The molecule has 0 amide bonds. The fraction of sp³-hybridized carbons (Fsp3) is 0.750. The van der Waals surface area contributed by atoms with Crippen molar-refractivity contribution in [2.45, 2.75) is 58.2 Å². The standard InChI is InChI=1S/C16H25NO3/c1-16(2,3)20-15(19)17-13-7-6-11-10-5-4-9(18)8-12(13)14(10)11/h6-7,9-11,14-15,17-19H,4-5,8H2,1-3H3. The van der Waals surface area contributed by atoms with E-state index in [9.17, 15) is 10.2 Å². The molecule has 3 aliphatic rings. The number of nitrogens with one attached hydrogen (secondary N) is 1. The van der Waals surface area contributed by atoms with Crippen molar-refractivity contribution in [1.82, 2.24) is 5.32 Å². The van der Waals surface area contributed by atoms with Crippen molar-refractivity contribution in [2.75, 3.05) is 0 Å². The molecule has 0 aromatic rings. The normalized spacial score (nSPS) is 37.2. The highest BCUT2D eigenvalue weighted by Gasteiger charge is 2.53. The van der Waals surface area contributed by atoms with Crippen LogP contribution in [-0.2, 0) is 4.74 Å². The van der Waals surface area contributed by atoms with Gasteiger partial charge in [0.25, 0.3) is 0 Å². The maximum Gasteiger partial charge on any atom is 0.235 e. The Labute approximate surface area is 120 Å². The van der Waals surface area contributed by atoms with Crippen LogP contribution in [0.1, 0.15) is 40.0 Å². The average molecular weight is 279 g/mol. The Kier molecular flexibility index (Phi) is 3.43. The van der Waals surface area contributed by atoms with Crippen LogP contribution in [0.15, 0.2) is 23.4 Å². The number of hydrogen-bond donors (Lipinski definition) is 3. The summed E-state index contributed by atoms with van der Waals surface area (Å²) in [5.41, 5.74) is 1.81. The van der Waals surface area contributed by atoms with Gasteiger partial charge in [0.05, 0.1) is 11.7 Å². The molecule has 3 aliphatic carbocycles.